The summed E-state index contributed by atoms with van der Waals surface area (Å²) in [5.41, 5.74) is 8.81. The van der Waals surface area contributed by atoms with Crippen molar-refractivity contribution >= 4 is 21.5 Å². The first-order valence-corrected chi connectivity index (χ1v) is 9.78. The minimum Gasteiger partial charge on any atom is -0.0769 e. The molecular formula is C27H20. The number of allylic oxidation sites excluding steroid dienone is 4. The van der Waals surface area contributed by atoms with Crippen molar-refractivity contribution in [3.05, 3.63) is 107 Å². The van der Waals surface area contributed by atoms with Gasteiger partial charge in [0, 0.05) is 0 Å². The first-order valence-electron chi connectivity index (χ1n) is 9.78. The number of rotatable bonds is 0. The molecule has 0 N–H and O–H groups in total. The van der Waals surface area contributed by atoms with Crippen molar-refractivity contribution in [3.63, 3.8) is 0 Å². The Labute approximate surface area is 159 Å². The van der Waals surface area contributed by atoms with Crippen LogP contribution in [0, 0.1) is 0 Å². The molecule has 0 aromatic heterocycles. The highest BCUT2D eigenvalue weighted by Crippen LogP contribution is 2.43. The number of hydrogen-bond donors (Lipinski definition) is 0. The van der Waals surface area contributed by atoms with E-state index in [0.717, 1.165) is 19.3 Å². The van der Waals surface area contributed by atoms with Gasteiger partial charge in [0.1, 0.15) is 0 Å². The Kier molecular flexibility index (Phi) is 3.16. The Balaban J connectivity index is 1.81. The minimum absolute atomic E-state index is 1.04. The molecule has 0 atom stereocenters. The third kappa shape index (κ3) is 2.23. The van der Waals surface area contributed by atoms with E-state index in [0.29, 0.717) is 0 Å². The average molecular weight is 344 g/mol. The summed E-state index contributed by atoms with van der Waals surface area (Å²) in [7, 11) is 0. The third-order valence-corrected chi connectivity index (χ3v) is 6.18. The van der Waals surface area contributed by atoms with Crippen molar-refractivity contribution in [3.8, 4) is 11.1 Å². The first kappa shape index (κ1) is 15.0. The zero-order valence-corrected chi connectivity index (χ0v) is 15.2. The SMILES string of the molecule is C1=C2Cc3ccc4ccccc4c3-c3c(ccc4ccccc34)CC2=CC1. The molecule has 2 aliphatic carbocycles. The Morgan fingerprint density at radius 1 is 0.481 bits per heavy atom. The zero-order valence-electron chi connectivity index (χ0n) is 15.2. The second-order valence-corrected chi connectivity index (χ2v) is 7.69. The minimum atomic E-state index is 1.04. The lowest BCUT2D eigenvalue weighted by atomic mass is 9.80. The molecule has 0 nitrogen and oxygen atoms in total. The molecule has 0 heteroatoms. The van der Waals surface area contributed by atoms with Gasteiger partial charge in [0.2, 0.25) is 0 Å². The molecule has 0 fully saturated rings. The molecule has 4 aromatic carbocycles. The maximum atomic E-state index is 2.42. The van der Waals surface area contributed by atoms with Crippen molar-refractivity contribution in [1.29, 1.82) is 0 Å². The molecule has 0 spiro atoms. The quantitative estimate of drug-likeness (QED) is 0.322. The van der Waals surface area contributed by atoms with Crippen LogP contribution in [0.4, 0.5) is 0 Å². The van der Waals surface area contributed by atoms with Crippen LogP contribution in [0.3, 0.4) is 0 Å². The van der Waals surface area contributed by atoms with E-state index in [1.807, 2.05) is 0 Å². The van der Waals surface area contributed by atoms with Crippen LogP contribution < -0.4 is 0 Å². The van der Waals surface area contributed by atoms with E-state index in [4.69, 9.17) is 0 Å². The fraction of sp³-hybridized carbons (Fsp3) is 0.111. The number of benzene rings is 4. The van der Waals surface area contributed by atoms with Gasteiger partial charge in [0.05, 0.1) is 0 Å². The molecule has 0 unspecified atom stereocenters. The Morgan fingerprint density at radius 2 is 0.963 bits per heavy atom. The fourth-order valence-electron chi connectivity index (χ4n) is 4.91. The molecule has 0 aliphatic heterocycles. The molecule has 128 valence electrons. The van der Waals surface area contributed by atoms with Crippen LogP contribution in [0.25, 0.3) is 32.7 Å². The largest absolute Gasteiger partial charge is 0.0769 e. The monoisotopic (exact) mass is 344 g/mol. The maximum absolute atomic E-state index is 2.42. The van der Waals surface area contributed by atoms with Crippen LogP contribution >= 0.6 is 0 Å². The summed E-state index contributed by atoms with van der Waals surface area (Å²) in [6.45, 7) is 0. The standard InChI is InChI=1S/C27H20/c1-3-10-24-18(6-1)12-14-22-16-20-8-5-9-21(20)17-23-15-13-19-7-2-4-11-25(19)27(23)26(22)24/h1-4,6-15H,5,16-17H2. The maximum Gasteiger partial charge on any atom is -0.00197 e. The third-order valence-electron chi connectivity index (χ3n) is 6.18. The van der Waals surface area contributed by atoms with Crippen molar-refractivity contribution in [1.82, 2.24) is 0 Å². The first-order chi connectivity index (χ1) is 13.4. The smallest absolute Gasteiger partial charge is 0.00197 e. The fourth-order valence-corrected chi connectivity index (χ4v) is 4.91. The van der Waals surface area contributed by atoms with Crippen LogP contribution in [0.1, 0.15) is 17.5 Å². The van der Waals surface area contributed by atoms with Crippen LogP contribution in [0.15, 0.2) is 96.1 Å². The summed E-state index contributed by atoms with van der Waals surface area (Å²) >= 11 is 0. The van der Waals surface area contributed by atoms with Crippen molar-refractivity contribution in [2.75, 3.05) is 0 Å². The highest BCUT2D eigenvalue weighted by molar-refractivity contribution is 6.08. The predicted octanol–water partition coefficient (Wildman–Crippen LogP) is 7.02. The molecule has 4 aromatic rings. The highest BCUT2D eigenvalue weighted by Gasteiger charge is 2.23. The molecule has 0 heterocycles. The number of hydrogen-bond acceptors (Lipinski definition) is 0. The molecule has 0 radical (unpaired) electrons. The van der Waals surface area contributed by atoms with Crippen molar-refractivity contribution in [2.45, 2.75) is 19.3 Å². The Morgan fingerprint density at radius 3 is 1.48 bits per heavy atom. The van der Waals surface area contributed by atoms with Gasteiger partial charge in [-0.15, -0.1) is 0 Å². The summed E-state index contributed by atoms with van der Waals surface area (Å²) in [6.07, 6.45) is 7.99. The second kappa shape index (κ2) is 5.69. The van der Waals surface area contributed by atoms with Crippen LogP contribution in [0.5, 0.6) is 0 Å². The molecule has 6 rings (SSSR count). The summed E-state index contributed by atoms with van der Waals surface area (Å²) in [6, 6.07) is 27.0. The molecule has 0 saturated carbocycles. The Hall–Kier alpha value is -3.12. The molecule has 0 saturated heterocycles. The summed E-state index contributed by atoms with van der Waals surface area (Å²) in [4.78, 5) is 0. The summed E-state index contributed by atoms with van der Waals surface area (Å²) in [5, 5.41) is 5.40. The van der Waals surface area contributed by atoms with E-state index in [9.17, 15) is 0 Å². The predicted molar refractivity (Wildman–Crippen MR) is 115 cm³/mol. The van der Waals surface area contributed by atoms with Gasteiger partial charge in [0.25, 0.3) is 0 Å². The lowest BCUT2D eigenvalue weighted by Gasteiger charge is -2.23. The van der Waals surface area contributed by atoms with Crippen molar-refractivity contribution < 1.29 is 0 Å². The van der Waals surface area contributed by atoms with Gasteiger partial charge in [-0.1, -0.05) is 84.9 Å². The normalized spacial score (nSPS) is 15.4. The van der Waals surface area contributed by atoms with E-state index in [1.165, 1.54) is 54.9 Å². The average Bonchev–Trinajstić information content (AvgIpc) is 3.13. The van der Waals surface area contributed by atoms with E-state index in [-0.39, 0.29) is 0 Å². The van der Waals surface area contributed by atoms with Gasteiger partial charge < -0.3 is 0 Å². The van der Waals surface area contributed by atoms with E-state index >= 15 is 0 Å². The van der Waals surface area contributed by atoms with E-state index in [1.54, 1.807) is 0 Å². The van der Waals surface area contributed by atoms with Crippen LogP contribution in [-0.2, 0) is 12.8 Å². The molecule has 0 bridgehead atoms. The summed E-state index contributed by atoms with van der Waals surface area (Å²) < 4.78 is 0. The van der Waals surface area contributed by atoms with Crippen LogP contribution in [-0.4, -0.2) is 0 Å². The molecule has 27 heavy (non-hydrogen) atoms. The number of fused-ring (bicyclic) bond motifs is 8. The van der Waals surface area contributed by atoms with Gasteiger partial charge in [-0.2, -0.15) is 0 Å². The van der Waals surface area contributed by atoms with Gasteiger partial charge in [-0.25, -0.2) is 0 Å². The molecular weight excluding hydrogens is 324 g/mol. The van der Waals surface area contributed by atoms with Gasteiger partial charge >= 0.3 is 0 Å². The lowest BCUT2D eigenvalue weighted by molar-refractivity contribution is 1.08. The topological polar surface area (TPSA) is 0 Å². The summed E-state index contributed by atoms with van der Waals surface area (Å²) in [5.74, 6) is 0. The van der Waals surface area contributed by atoms with Gasteiger partial charge in [0.15, 0.2) is 0 Å². The van der Waals surface area contributed by atoms with E-state index < -0.39 is 0 Å². The van der Waals surface area contributed by atoms with Crippen LogP contribution in [0.2, 0.25) is 0 Å². The molecule has 2 aliphatic rings. The van der Waals surface area contributed by atoms with Gasteiger partial charge in [-0.3, -0.25) is 0 Å². The van der Waals surface area contributed by atoms with E-state index in [2.05, 4.69) is 84.9 Å². The van der Waals surface area contributed by atoms with Crippen molar-refractivity contribution in [2.24, 2.45) is 0 Å². The Bertz CT molecular complexity index is 1180. The second-order valence-electron chi connectivity index (χ2n) is 7.69. The molecule has 0 amide bonds. The zero-order chi connectivity index (χ0) is 17.8. The van der Waals surface area contributed by atoms with Gasteiger partial charge in [-0.05, 0) is 74.2 Å². The highest BCUT2D eigenvalue weighted by atomic mass is 14.3. The lowest BCUT2D eigenvalue weighted by Crippen LogP contribution is -2.05.